The second-order valence-electron chi connectivity index (χ2n) is 6.83. The summed E-state index contributed by atoms with van der Waals surface area (Å²) in [5.74, 6) is 0. The van der Waals surface area contributed by atoms with Crippen LogP contribution < -0.4 is 4.90 Å². The first-order valence-corrected chi connectivity index (χ1v) is 9.17. The molecule has 0 bridgehead atoms. The quantitative estimate of drug-likeness (QED) is 0.162. The zero-order valence-corrected chi connectivity index (χ0v) is 16.6. The van der Waals surface area contributed by atoms with E-state index in [1.165, 1.54) is 30.0 Å². The van der Waals surface area contributed by atoms with Crippen LogP contribution in [0.3, 0.4) is 0 Å². The van der Waals surface area contributed by atoms with E-state index in [1.54, 1.807) is 6.92 Å². The number of carbonyl (C=O) groups excluding carboxylic acids is 1. The molecule has 30 heavy (non-hydrogen) atoms. The minimum absolute atomic E-state index is 0.0120. The SMILES string of the molecule is Cc1ccc(N(C=O)CCCC(C)N(C#N)C/C=C/CC(F)(F)F)cc1C(F)(F)F. The number of nitrogens with zero attached hydrogens (tertiary/aromatic N) is 3. The van der Waals surface area contributed by atoms with Gasteiger partial charge in [0.05, 0.1) is 12.0 Å². The number of alkyl halides is 6. The van der Waals surface area contributed by atoms with E-state index in [0.717, 1.165) is 17.0 Å². The highest BCUT2D eigenvalue weighted by atomic mass is 19.4. The predicted octanol–water partition coefficient (Wildman–Crippen LogP) is 5.44. The second kappa shape index (κ2) is 10.9. The summed E-state index contributed by atoms with van der Waals surface area (Å²) in [6, 6.07) is 3.32. The summed E-state index contributed by atoms with van der Waals surface area (Å²) in [4.78, 5) is 13.8. The van der Waals surface area contributed by atoms with Gasteiger partial charge >= 0.3 is 12.4 Å². The van der Waals surface area contributed by atoms with E-state index < -0.39 is 24.3 Å². The number of nitriles is 1. The van der Waals surface area contributed by atoms with Crippen molar-refractivity contribution >= 4 is 12.1 Å². The number of benzene rings is 1. The number of hydrogen-bond acceptors (Lipinski definition) is 3. The number of amides is 1. The molecule has 4 nitrogen and oxygen atoms in total. The van der Waals surface area contributed by atoms with Crippen molar-refractivity contribution < 1.29 is 31.1 Å². The van der Waals surface area contributed by atoms with Crippen LogP contribution in [0.4, 0.5) is 32.0 Å². The van der Waals surface area contributed by atoms with Crippen LogP contribution in [-0.2, 0) is 11.0 Å². The number of carbonyl (C=O) groups is 1. The normalized spacial score (nSPS) is 13.2. The number of allylic oxidation sites excluding steroid dienone is 1. The highest BCUT2D eigenvalue weighted by Crippen LogP contribution is 2.34. The lowest BCUT2D eigenvalue weighted by atomic mass is 10.1. The first kappa shape index (κ1) is 25.3. The second-order valence-corrected chi connectivity index (χ2v) is 6.83. The van der Waals surface area contributed by atoms with Gasteiger partial charge in [0.2, 0.25) is 6.41 Å². The van der Waals surface area contributed by atoms with Gasteiger partial charge in [-0.2, -0.15) is 31.6 Å². The van der Waals surface area contributed by atoms with Gasteiger partial charge in [0.15, 0.2) is 6.19 Å². The molecule has 10 heteroatoms. The molecule has 1 amide bonds. The number of halogens is 6. The summed E-state index contributed by atoms with van der Waals surface area (Å²) < 4.78 is 75.6. The summed E-state index contributed by atoms with van der Waals surface area (Å²) in [7, 11) is 0. The molecule has 1 rings (SSSR count). The molecule has 0 aliphatic heterocycles. The molecule has 0 N–H and O–H groups in total. The average Bonchev–Trinajstić information content (AvgIpc) is 2.64. The molecule has 1 aromatic carbocycles. The van der Waals surface area contributed by atoms with Crippen molar-refractivity contribution in [3.8, 4) is 6.19 Å². The first-order chi connectivity index (χ1) is 13.9. The monoisotopic (exact) mass is 435 g/mol. The Kier molecular flexibility index (Phi) is 9.21. The van der Waals surface area contributed by atoms with Crippen LogP contribution in [0, 0.1) is 18.4 Å². The summed E-state index contributed by atoms with van der Waals surface area (Å²) in [6.07, 6.45) is -4.55. The minimum Gasteiger partial charge on any atom is -0.315 e. The Morgan fingerprint density at radius 3 is 2.37 bits per heavy atom. The van der Waals surface area contributed by atoms with Crippen LogP contribution >= 0.6 is 0 Å². The maximum absolute atomic E-state index is 13.1. The third-order valence-corrected chi connectivity index (χ3v) is 4.48. The van der Waals surface area contributed by atoms with Crippen LogP contribution in [0.2, 0.25) is 0 Å². The fourth-order valence-corrected chi connectivity index (χ4v) is 2.77. The van der Waals surface area contributed by atoms with Crippen molar-refractivity contribution in [1.29, 1.82) is 5.26 Å². The van der Waals surface area contributed by atoms with Gasteiger partial charge in [0.25, 0.3) is 0 Å². The highest BCUT2D eigenvalue weighted by molar-refractivity contribution is 5.75. The summed E-state index contributed by atoms with van der Waals surface area (Å²) in [5.41, 5.74) is -0.654. The minimum atomic E-state index is -4.53. The molecule has 0 heterocycles. The lowest BCUT2D eigenvalue weighted by Gasteiger charge is -2.24. The van der Waals surface area contributed by atoms with Crippen molar-refractivity contribution in [2.45, 2.75) is 51.5 Å². The Morgan fingerprint density at radius 2 is 1.83 bits per heavy atom. The van der Waals surface area contributed by atoms with Crippen LogP contribution in [0.15, 0.2) is 30.4 Å². The molecule has 0 aliphatic carbocycles. The maximum Gasteiger partial charge on any atom is 0.416 e. The first-order valence-electron chi connectivity index (χ1n) is 9.17. The van der Waals surface area contributed by atoms with Crippen LogP contribution in [0.5, 0.6) is 0 Å². The van der Waals surface area contributed by atoms with Crippen molar-refractivity contribution in [1.82, 2.24) is 4.90 Å². The van der Waals surface area contributed by atoms with E-state index in [4.69, 9.17) is 5.26 Å². The standard InChI is InChI=1S/C20H23F6N3O/c1-15-7-8-17(12-18(15)20(24,25)26)29(14-30)11-5-6-16(2)28(13-27)10-4-3-9-19(21,22)23/h3-4,7-8,12,14,16H,5-6,9-11H2,1-2H3/b4-3+. The van der Waals surface area contributed by atoms with Gasteiger partial charge in [-0.1, -0.05) is 18.2 Å². The maximum atomic E-state index is 13.1. The highest BCUT2D eigenvalue weighted by Gasteiger charge is 2.33. The predicted molar refractivity (Wildman–Crippen MR) is 100 cm³/mol. The van der Waals surface area contributed by atoms with E-state index >= 15 is 0 Å². The zero-order chi connectivity index (χ0) is 22.9. The van der Waals surface area contributed by atoms with E-state index in [1.807, 2.05) is 6.19 Å². The van der Waals surface area contributed by atoms with Gasteiger partial charge in [-0.05, 0) is 44.4 Å². The van der Waals surface area contributed by atoms with Crippen molar-refractivity contribution in [3.05, 3.63) is 41.5 Å². The van der Waals surface area contributed by atoms with Crippen molar-refractivity contribution in [2.75, 3.05) is 18.0 Å². The summed E-state index contributed by atoms with van der Waals surface area (Å²) >= 11 is 0. The Balaban J connectivity index is 2.65. The summed E-state index contributed by atoms with van der Waals surface area (Å²) in [5, 5.41) is 9.17. The van der Waals surface area contributed by atoms with Gasteiger partial charge in [-0.15, -0.1) is 0 Å². The smallest absolute Gasteiger partial charge is 0.315 e. The van der Waals surface area contributed by atoms with Gasteiger partial charge in [-0.25, -0.2) is 0 Å². The number of anilines is 1. The van der Waals surface area contributed by atoms with Gasteiger partial charge in [0.1, 0.15) is 0 Å². The fraction of sp³-hybridized carbons (Fsp3) is 0.500. The van der Waals surface area contributed by atoms with E-state index in [0.29, 0.717) is 19.3 Å². The third kappa shape index (κ3) is 8.35. The summed E-state index contributed by atoms with van der Waals surface area (Å²) in [6.45, 7) is 3.19. The van der Waals surface area contributed by atoms with Crippen LogP contribution in [0.1, 0.15) is 37.3 Å². The average molecular weight is 435 g/mol. The number of rotatable bonds is 10. The Bertz CT molecular complexity index is 767. The Labute approximate surface area is 171 Å². The molecule has 166 valence electrons. The lowest BCUT2D eigenvalue weighted by molar-refractivity contribution is -0.138. The largest absolute Gasteiger partial charge is 0.416 e. The molecule has 0 saturated heterocycles. The van der Waals surface area contributed by atoms with Gasteiger partial charge < -0.3 is 9.80 Å². The molecule has 1 unspecified atom stereocenters. The fourth-order valence-electron chi connectivity index (χ4n) is 2.77. The molecular weight excluding hydrogens is 412 g/mol. The Morgan fingerprint density at radius 1 is 1.17 bits per heavy atom. The molecule has 1 atom stereocenters. The van der Waals surface area contributed by atoms with E-state index in [-0.39, 0.29) is 30.4 Å². The van der Waals surface area contributed by atoms with Gasteiger partial charge in [0, 0.05) is 24.8 Å². The molecule has 0 fully saturated rings. The van der Waals surface area contributed by atoms with E-state index in [9.17, 15) is 31.1 Å². The van der Waals surface area contributed by atoms with Crippen LogP contribution in [-0.4, -0.2) is 36.6 Å². The topological polar surface area (TPSA) is 47.3 Å². The lowest BCUT2D eigenvalue weighted by Crippen LogP contribution is -2.30. The van der Waals surface area contributed by atoms with Crippen LogP contribution in [0.25, 0.3) is 0 Å². The molecule has 1 aromatic rings. The molecule has 0 spiro atoms. The molecule has 0 aromatic heterocycles. The van der Waals surface area contributed by atoms with Gasteiger partial charge in [-0.3, -0.25) is 4.79 Å². The van der Waals surface area contributed by atoms with E-state index in [2.05, 4.69) is 0 Å². The third-order valence-electron chi connectivity index (χ3n) is 4.48. The molecule has 0 radical (unpaired) electrons. The van der Waals surface area contributed by atoms with Crippen molar-refractivity contribution in [2.24, 2.45) is 0 Å². The molecule has 0 saturated carbocycles. The molecule has 0 aliphatic rings. The zero-order valence-electron chi connectivity index (χ0n) is 16.6. The number of hydrogen-bond donors (Lipinski definition) is 0. The number of aryl methyl sites for hydroxylation is 1. The van der Waals surface area contributed by atoms with Crippen molar-refractivity contribution in [3.63, 3.8) is 0 Å². The molecular formula is C20H23F6N3O. The Hall–Kier alpha value is -2.70.